The van der Waals surface area contributed by atoms with Crippen LogP contribution in [0.5, 0.6) is 0 Å². The molecule has 0 radical (unpaired) electrons. The minimum atomic E-state index is -0.427. The van der Waals surface area contributed by atoms with Gasteiger partial charge in [-0.1, -0.05) is 32.0 Å². The summed E-state index contributed by atoms with van der Waals surface area (Å²) < 4.78 is 13.3. The van der Waals surface area contributed by atoms with E-state index in [2.05, 4.69) is 46.6 Å². The second-order valence-electron chi connectivity index (χ2n) is 6.55. The van der Waals surface area contributed by atoms with E-state index in [9.17, 15) is 9.18 Å². The third-order valence-corrected chi connectivity index (χ3v) is 4.00. The molecule has 0 aliphatic heterocycles. The van der Waals surface area contributed by atoms with Gasteiger partial charge < -0.3 is 10.6 Å². The highest BCUT2D eigenvalue weighted by atomic mass is 19.1. The van der Waals surface area contributed by atoms with E-state index in [1.165, 1.54) is 23.8 Å². The highest BCUT2D eigenvalue weighted by Crippen LogP contribution is 2.20. The number of benzene rings is 2. The van der Waals surface area contributed by atoms with Crippen molar-refractivity contribution < 1.29 is 9.18 Å². The number of aromatic nitrogens is 2. The van der Waals surface area contributed by atoms with Crippen LogP contribution in [0.3, 0.4) is 0 Å². The Morgan fingerprint density at radius 1 is 1.00 bits per heavy atom. The second-order valence-corrected chi connectivity index (χ2v) is 6.55. The monoisotopic (exact) mass is 364 g/mol. The summed E-state index contributed by atoms with van der Waals surface area (Å²) in [6, 6.07) is 15.3. The van der Waals surface area contributed by atoms with E-state index in [-0.39, 0.29) is 5.69 Å². The van der Waals surface area contributed by atoms with Crippen LogP contribution >= 0.6 is 0 Å². The zero-order valence-corrected chi connectivity index (χ0v) is 15.5. The van der Waals surface area contributed by atoms with Gasteiger partial charge in [-0.2, -0.15) is 0 Å². The Kier molecular flexibility index (Phi) is 5.45. The molecule has 1 aromatic heterocycles. The van der Waals surface area contributed by atoms with Crippen LogP contribution in [-0.2, 0) is 0 Å². The molecule has 2 aromatic carbocycles. The van der Waals surface area contributed by atoms with Gasteiger partial charge in [-0.3, -0.25) is 4.79 Å². The van der Waals surface area contributed by atoms with Crippen molar-refractivity contribution in [1.29, 1.82) is 0 Å². The summed E-state index contributed by atoms with van der Waals surface area (Å²) in [4.78, 5) is 21.0. The molecule has 1 amide bonds. The molecule has 0 fully saturated rings. The number of nitrogens with zero attached hydrogens (tertiary/aromatic N) is 2. The van der Waals surface area contributed by atoms with E-state index in [0.29, 0.717) is 23.2 Å². The zero-order valence-electron chi connectivity index (χ0n) is 15.5. The topological polar surface area (TPSA) is 66.9 Å². The minimum Gasteiger partial charge on any atom is -0.340 e. The molecule has 0 saturated carbocycles. The highest BCUT2D eigenvalue weighted by molar-refractivity contribution is 6.03. The standard InChI is InChI=1S/C21H21FN4O/c1-13(2)15-7-9-17(10-8-15)25-20-12-19(23-14(3)24-20)21(27)26-18-6-4-5-16(22)11-18/h4-13H,1-3H3,(H,26,27)(H,23,24,25). The molecule has 0 saturated heterocycles. The van der Waals surface area contributed by atoms with E-state index in [1.54, 1.807) is 19.1 Å². The third-order valence-electron chi connectivity index (χ3n) is 4.00. The zero-order chi connectivity index (χ0) is 19.4. The number of anilines is 3. The van der Waals surface area contributed by atoms with Crippen molar-refractivity contribution in [2.45, 2.75) is 26.7 Å². The fourth-order valence-electron chi connectivity index (χ4n) is 2.61. The van der Waals surface area contributed by atoms with Crippen LogP contribution in [-0.4, -0.2) is 15.9 Å². The van der Waals surface area contributed by atoms with Gasteiger partial charge in [-0.15, -0.1) is 0 Å². The number of hydrogen-bond acceptors (Lipinski definition) is 4. The average Bonchev–Trinajstić information content (AvgIpc) is 2.61. The van der Waals surface area contributed by atoms with E-state index in [0.717, 1.165) is 5.69 Å². The van der Waals surface area contributed by atoms with Gasteiger partial charge in [-0.05, 0) is 48.7 Å². The molecule has 138 valence electrons. The fraction of sp³-hybridized carbons (Fsp3) is 0.190. The quantitative estimate of drug-likeness (QED) is 0.665. The van der Waals surface area contributed by atoms with Crippen molar-refractivity contribution >= 4 is 23.1 Å². The summed E-state index contributed by atoms with van der Waals surface area (Å²) in [6.07, 6.45) is 0. The number of carbonyl (C=O) groups is 1. The SMILES string of the molecule is Cc1nc(Nc2ccc(C(C)C)cc2)cc(C(=O)Nc2cccc(F)c2)n1. The maximum Gasteiger partial charge on any atom is 0.274 e. The first-order chi connectivity index (χ1) is 12.9. The number of hydrogen-bond donors (Lipinski definition) is 2. The second kappa shape index (κ2) is 7.95. The predicted molar refractivity (Wildman–Crippen MR) is 105 cm³/mol. The van der Waals surface area contributed by atoms with E-state index in [1.807, 2.05) is 12.1 Å². The molecule has 3 rings (SSSR count). The van der Waals surface area contributed by atoms with Gasteiger partial charge in [0.1, 0.15) is 23.2 Å². The molecule has 0 atom stereocenters. The molecule has 0 aliphatic carbocycles. The maximum absolute atomic E-state index is 13.3. The van der Waals surface area contributed by atoms with Gasteiger partial charge in [-0.25, -0.2) is 14.4 Å². The molecule has 0 unspecified atom stereocenters. The lowest BCUT2D eigenvalue weighted by Crippen LogP contribution is -2.15. The number of rotatable bonds is 5. The smallest absolute Gasteiger partial charge is 0.274 e. The molecular weight excluding hydrogens is 343 g/mol. The third kappa shape index (κ3) is 4.88. The first-order valence-electron chi connectivity index (χ1n) is 8.70. The molecule has 0 aliphatic rings. The van der Waals surface area contributed by atoms with Gasteiger partial charge in [0.25, 0.3) is 5.91 Å². The number of aryl methyl sites for hydroxylation is 1. The van der Waals surface area contributed by atoms with Gasteiger partial charge in [0.05, 0.1) is 0 Å². The molecule has 6 heteroatoms. The molecule has 27 heavy (non-hydrogen) atoms. The number of amides is 1. The van der Waals surface area contributed by atoms with E-state index >= 15 is 0 Å². The van der Waals surface area contributed by atoms with Crippen LogP contribution in [0.15, 0.2) is 54.6 Å². The van der Waals surface area contributed by atoms with Crippen molar-refractivity contribution in [3.8, 4) is 0 Å². The Bertz CT molecular complexity index is 955. The molecule has 5 nitrogen and oxygen atoms in total. The van der Waals surface area contributed by atoms with Crippen LogP contribution in [0.1, 0.15) is 41.6 Å². The van der Waals surface area contributed by atoms with Gasteiger partial charge >= 0.3 is 0 Å². The van der Waals surface area contributed by atoms with Crippen LogP contribution in [0.4, 0.5) is 21.6 Å². The van der Waals surface area contributed by atoms with Crippen LogP contribution in [0.25, 0.3) is 0 Å². The number of halogens is 1. The Hall–Kier alpha value is -3.28. The van der Waals surface area contributed by atoms with Crippen LogP contribution in [0, 0.1) is 12.7 Å². The predicted octanol–water partition coefficient (Wildman–Crippen LogP) is 5.04. The summed E-state index contributed by atoms with van der Waals surface area (Å²) >= 11 is 0. The first-order valence-corrected chi connectivity index (χ1v) is 8.70. The largest absolute Gasteiger partial charge is 0.340 e. The lowest BCUT2D eigenvalue weighted by molar-refractivity contribution is 0.102. The molecule has 3 aromatic rings. The van der Waals surface area contributed by atoms with E-state index < -0.39 is 11.7 Å². The highest BCUT2D eigenvalue weighted by Gasteiger charge is 2.12. The normalized spacial score (nSPS) is 10.7. The van der Waals surface area contributed by atoms with Crippen LogP contribution in [0.2, 0.25) is 0 Å². The van der Waals surface area contributed by atoms with Crippen molar-refractivity contribution in [2.75, 3.05) is 10.6 Å². The van der Waals surface area contributed by atoms with Crippen molar-refractivity contribution in [2.24, 2.45) is 0 Å². The fourth-order valence-corrected chi connectivity index (χ4v) is 2.61. The lowest BCUT2D eigenvalue weighted by Gasteiger charge is -2.11. The molecule has 2 N–H and O–H groups in total. The number of nitrogens with one attached hydrogen (secondary N) is 2. The van der Waals surface area contributed by atoms with Crippen LogP contribution < -0.4 is 10.6 Å². The van der Waals surface area contributed by atoms with Crippen molar-refractivity contribution in [3.63, 3.8) is 0 Å². The maximum atomic E-state index is 13.3. The summed E-state index contributed by atoms with van der Waals surface area (Å²) in [6.45, 7) is 5.99. The minimum absolute atomic E-state index is 0.202. The molecular formula is C21H21FN4O. The summed E-state index contributed by atoms with van der Waals surface area (Å²) in [7, 11) is 0. The van der Waals surface area contributed by atoms with Gasteiger partial charge in [0.15, 0.2) is 0 Å². The Morgan fingerprint density at radius 3 is 2.41 bits per heavy atom. The van der Waals surface area contributed by atoms with Crippen molar-refractivity contribution in [3.05, 3.63) is 77.5 Å². The lowest BCUT2D eigenvalue weighted by atomic mass is 10.0. The Labute approximate surface area is 157 Å². The molecule has 1 heterocycles. The Balaban J connectivity index is 1.78. The summed E-state index contributed by atoms with van der Waals surface area (Å²) in [5, 5.41) is 5.83. The van der Waals surface area contributed by atoms with Gasteiger partial charge in [0, 0.05) is 17.4 Å². The summed E-state index contributed by atoms with van der Waals surface area (Å²) in [5.41, 5.74) is 2.69. The first kappa shape index (κ1) is 18.5. The number of carbonyl (C=O) groups excluding carboxylic acids is 1. The van der Waals surface area contributed by atoms with Crippen molar-refractivity contribution in [1.82, 2.24) is 9.97 Å². The molecule has 0 spiro atoms. The average molecular weight is 364 g/mol. The summed E-state index contributed by atoms with van der Waals surface area (Å²) in [5.74, 6) is 0.592. The Morgan fingerprint density at radius 2 is 1.74 bits per heavy atom. The molecule has 0 bridgehead atoms. The van der Waals surface area contributed by atoms with E-state index in [4.69, 9.17) is 0 Å². The van der Waals surface area contributed by atoms with Gasteiger partial charge in [0.2, 0.25) is 0 Å².